The van der Waals surface area contributed by atoms with Crippen LogP contribution >= 0.6 is 0 Å². The highest BCUT2D eigenvalue weighted by Gasteiger charge is 2.41. The van der Waals surface area contributed by atoms with Crippen molar-refractivity contribution in [2.45, 2.75) is 24.4 Å². The summed E-state index contributed by atoms with van der Waals surface area (Å²) in [7, 11) is 0. The van der Waals surface area contributed by atoms with Crippen molar-refractivity contribution >= 4 is 23.2 Å². The number of anilines is 2. The molecule has 2 aromatic rings. The number of halogens is 2. The smallest absolute Gasteiger partial charge is 0.234 e. The molecule has 3 unspecified atom stereocenters. The van der Waals surface area contributed by atoms with E-state index in [1.807, 2.05) is 0 Å². The maximum Gasteiger partial charge on any atom is 0.234 e. The normalized spacial score (nSPS) is 22.6. The van der Waals surface area contributed by atoms with Gasteiger partial charge < -0.3 is 10.6 Å². The predicted octanol–water partition coefficient (Wildman–Crippen LogP) is 3.33. The van der Waals surface area contributed by atoms with E-state index >= 15 is 0 Å². The van der Waals surface area contributed by atoms with Gasteiger partial charge in [0.15, 0.2) is 0 Å². The van der Waals surface area contributed by atoms with Gasteiger partial charge in [-0.2, -0.15) is 0 Å². The van der Waals surface area contributed by atoms with Crippen LogP contribution in [0.2, 0.25) is 0 Å². The minimum absolute atomic E-state index is 0.172. The Kier molecular flexibility index (Phi) is 3.33. The standard InChI is InChI=1S/C18H14F2N2O2/c19-9-5-6-15-11(7-9)12(17(23)21-15)8-13(20)16-10-3-1-2-4-14(10)22-18(16)24/h1-7,12-13,16H,8H2,(H,21,23)(H,22,24). The summed E-state index contributed by atoms with van der Waals surface area (Å²) in [6.07, 6.45) is -1.71. The molecule has 2 N–H and O–H groups in total. The van der Waals surface area contributed by atoms with Gasteiger partial charge in [-0.05, 0) is 41.8 Å². The van der Waals surface area contributed by atoms with Gasteiger partial charge in [0.1, 0.15) is 12.0 Å². The van der Waals surface area contributed by atoms with E-state index in [4.69, 9.17) is 0 Å². The van der Waals surface area contributed by atoms with Gasteiger partial charge in [0.05, 0.1) is 11.8 Å². The molecule has 6 heteroatoms. The second-order valence-electron chi connectivity index (χ2n) is 6.08. The van der Waals surface area contributed by atoms with Crippen molar-refractivity contribution in [1.29, 1.82) is 0 Å². The van der Waals surface area contributed by atoms with Crippen molar-refractivity contribution in [3.05, 3.63) is 59.4 Å². The number of alkyl halides is 1. The van der Waals surface area contributed by atoms with E-state index in [-0.39, 0.29) is 12.3 Å². The van der Waals surface area contributed by atoms with E-state index in [1.54, 1.807) is 24.3 Å². The number of carbonyl (C=O) groups is 2. The van der Waals surface area contributed by atoms with E-state index in [9.17, 15) is 18.4 Å². The van der Waals surface area contributed by atoms with Crippen molar-refractivity contribution < 1.29 is 18.4 Å². The first-order chi connectivity index (χ1) is 11.5. The Hall–Kier alpha value is -2.76. The summed E-state index contributed by atoms with van der Waals surface area (Å²) >= 11 is 0. The van der Waals surface area contributed by atoms with Crippen LogP contribution in [0.1, 0.15) is 29.4 Å². The number of hydrogen-bond donors (Lipinski definition) is 2. The third kappa shape index (κ3) is 2.26. The zero-order valence-electron chi connectivity index (χ0n) is 12.6. The van der Waals surface area contributed by atoms with Gasteiger partial charge in [-0.1, -0.05) is 18.2 Å². The molecule has 4 rings (SSSR count). The summed E-state index contributed by atoms with van der Waals surface area (Å²) in [5.74, 6) is -3.01. The highest BCUT2D eigenvalue weighted by atomic mass is 19.1. The molecule has 0 bridgehead atoms. The molecule has 122 valence electrons. The number of para-hydroxylation sites is 1. The van der Waals surface area contributed by atoms with E-state index < -0.39 is 29.7 Å². The predicted molar refractivity (Wildman–Crippen MR) is 85.1 cm³/mol. The van der Waals surface area contributed by atoms with Crippen molar-refractivity contribution in [2.24, 2.45) is 0 Å². The average Bonchev–Trinajstić information content (AvgIpc) is 3.04. The molecule has 2 aliphatic rings. The minimum Gasteiger partial charge on any atom is -0.325 e. The third-order valence-corrected chi connectivity index (χ3v) is 4.62. The summed E-state index contributed by atoms with van der Waals surface area (Å²) < 4.78 is 28.4. The Morgan fingerprint density at radius 3 is 2.50 bits per heavy atom. The molecule has 24 heavy (non-hydrogen) atoms. The molecule has 0 radical (unpaired) electrons. The van der Waals surface area contributed by atoms with Crippen molar-refractivity contribution in [3.63, 3.8) is 0 Å². The molecule has 0 saturated carbocycles. The molecular weight excluding hydrogens is 314 g/mol. The fourth-order valence-corrected chi connectivity index (χ4v) is 3.48. The molecule has 0 fully saturated rings. The Morgan fingerprint density at radius 2 is 1.67 bits per heavy atom. The van der Waals surface area contributed by atoms with Crippen LogP contribution < -0.4 is 10.6 Å². The zero-order chi connectivity index (χ0) is 16.8. The molecular formula is C18H14F2N2O2. The number of hydrogen-bond acceptors (Lipinski definition) is 2. The molecule has 2 heterocycles. The van der Waals surface area contributed by atoms with Crippen molar-refractivity contribution in [1.82, 2.24) is 0 Å². The highest BCUT2D eigenvalue weighted by Crippen LogP contribution is 2.42. The fraction of sp³-hybridized carbons (Fsp3) is 0.222. The first-order valence-electron chi connectivity index (χ1n) is 7.69. The Balaban J connectivity index is 1.62. The number of fused-ring (bicyclic) bond motifs is 2. The maximum atomic E-state index is 14.9. The molecule has 2 amide bonds. The fourth-order valence-electron chi connectivity index (χ4n) is 3.48. The van der Waals surface area contributed by atoms with Crippen LogP contribution in [0, 0.1) is 5.82 Å². The number of amides is 2. The van der Waals surface area contributed by atoms with Gasteiger partial charge in [0.2, 0.25) is 11.8 Å². The SMILES string of the molecule is O=C1Nc2ccc(F)cc2C1CC(F)C1C(=O)Nc2ccccc21. The lowest BCUT2D eigenvalue weighted by Gasteiger charge is -2.17. The van der Waals surface area contributed by atoms with Crippen LogP contribution in [-0.2, 0) is 9.59 Å². The Morgan fingerprint density at radius 1 is 0.958 bits per heavy atom. The largest absolute Gasteiger partial charge is 0.325 e. The van der Waals surface area contributed by atoms with Crippen molar-refractivity contribution in [2.75, 3.05) is 10.6 Å². The molecule has 4 nitrogen and oxygen atoms in total. The summed E-state index contributed by atoms with van der Waals surface area (Å²) in [4.78, 5) is 24.2. The quantitative estimate of drug-likeness (QED) is 0.908. The summed E-state index contributed by atoms with van der Waals surface area (Å²) in [6.45, 7) is 0. The Bertz CT molecular complexity index is 853. The Labute approximate surface area is 136 Å². The lowest BCUT2D eigenvalue weighted by molar-refractivity contribution is -0.120. The molecule has 0 spiro atoms. The molecule has 3 atom stereocenters. The van der Waals surface area contributed by atoms with E-state index in [0.29, 0.717) is 22.5 Å². The molecule has 2 aliphatic heterocycles. The molecule has 0 aliphatic carbocycles. The van der Waals surface area contributed by atoms with Gasteiger partial charge >= 0.3 is 0 Å². The van der Waals surface area contributed by atoms with Gasteiger partial charge in [0.25, 0.3) is 0 Å². The highest BCUT2D eigenvalue weighted by molar-refractivity contribution is 6.04. The van der Waals surface area contributed by atoms with Crippen LogP contribution in [0.4, 0.5) is 20.2 Å². The van der Waals surface area contributed by atoms with E-state index in [1.165, 1.54) is 18.2 Å². The van der Waals surface area contributed by atoms with Crippen LogP contribution in [0.15, 0.2) is 42.5 Å². The summed E-state index contributed by atoms with van der Waals surface area (Å²) in [5, 5.41) is 5.28. The monoisotopic (exact) mass is 328 g/mol. The zero-order valence-corrected chi connectivity index (χ0v) is 12.6. The van der Waals surface area contributed by atoms with Crippen molar-refractivity contribution in [3.8, 4) is 0 Å². The summed E-state index contributed by atoms with van der Waals surface area (Å²) in [5.41, 5.74) is 2.12. The minimum atomic E-state index is -1.54. The number of rotatable bonds is 3. The average molecular weight is 328 g/mol. The van der Waals surface area contributed by atoms with Gasteiger partial charge in [-0.25, -0.2) is 8.78 Å². The lowest BCUT2D eigenvalue weighted by atomic mass is 9.87. The first-order valence-corrected chi connectivity index (χ1v) is 7.69. The van der Waals surface area contributed by atoms with Gasteiger partial charge in [-0.15, -0.1) is 0 Å². The van der Waals surface area contributed by atoms with E-state index in [0.717, 1.165) is 0 Å². The van der Waals surface area contributed by atoms with Crippen LogP contribution in [0.5, 0.6) is 0 Å². The van der Waals surface area contributed by atoms with Crippen LogP contribution in [0.25, 0.3) is 0 Å². The molecule has 2 aromatic carbocycles. The van der Waals surface area contributed by atoms with Crippen LogP contribution in [-0.4, -0.2) is 18.0 Å². The van der Waals surface area contributed by atoms with Crippen LogP contribution in [0.3, 0.4) is 0 Å². The lowest BCUT2D eigenvalue weighted by Crippen LogP contribution is -2.25. The van der Waals surface area contributed by atoms with Gasteiger partial charge in [0, 0.05) is 11.4 Å². The number of carbonyl (C=O) groups excluding carboxylic acids is 2. The van der Waals surface area contributed by atoms with Gasteiger partial charge in [-0.3, -0.25) is 9.59 Å². The molecule has 0 aromatic heterocycles. The molecule has 0 saturated heterocycles. The summed E-state index contributed by atoms with van der Waals surface area (Å²) in [6, 6.07) is 10.9. The first kappa shape index (κ1) is 14.8. The topological polar surface area (TPSA) is 58.2 Å². The third-order valence-electron chi connectivity index (χ3n) is 4.62. The second kappa shape index (κ2) is 5.40. The maximum absolute atomic E-state index is 14.9. The second-order valence-corrected chi connectivity index (χ2v) is 6.08. The van der Waals surface area contributed by atoms with E-state index in [2.05, 4.69) is 10.6 Å². The number of nitrogens with one attached hydrogen (secondary N) is 2. The number of benzene rings is 2.